The van der Waals surface area contributed by atoms with Gasteiger partial charge in [-0.05, 0) is 52.0 Å². The summed E-state index contributed by atoms with van der Waals surface area (Å²) in [6.07, 6.45) is 0. The Bertz CT molecular complexity index is 684. The summed E-state index contributed by atoms with van der Waals surface area (Å²) < 4.78 is 1.81. The van der Waals surface area contributed by atoms with Crippen molar-refractivity contribution in [3.8, 4) is 0 Å². The summed E-state index contributed by atoms with van der Waals surface area (Å²) in [4.78, 5) is 23.6. The summed E-state index contributed by atoms with van der Waals surface area (Å²) in [7, 11) is 0. The van der Waals surface area contributed by atoms with E-state index in [1.165, 1.54) is 6.92 Å². The fraction of sp³-hybridized carbons (Fsp3) is 0.312. The number of Topliss-reactive ketones (excluding diaryl/α,β-unsaturated/α-hetero) is 1. The Kier molecular flexibility index (Phi) is 4.21. The van der Waals surface area contributed by atoms with Crippen molar-refractivity contribution in [3.05, 3.63) is 46.8 Å². The number of nitrogens with one attached hydrogen (secondary N) is 1. The van der Waals surface area contributed by atoms with E-state index in [2.05, 4.69) is 10.4 Å². The highest BCUT2D eigenvalue weighted by Gasteiger charge is 2.18. The van der Waals surface area contributed by atoms with Crippen LogP contribution in [0.2, 0.25) is 0 Å². The normalized spacial score (nSPS) is 10.5. The van der Waals surface area contributed by atoms with Gasteiger partial charge < -0.3 is 5.32 Å². The minimum absolute atomic E-state index is 0.00351. The molecule has 0 saturated heterocycles. The Balaban J connectivity index is 2.22. The van der Waals surface area contributed by atoms with E-state index in [1.54, 1.807) is 24.3 Å². The van der Waals surface area contributed by atoms with E-state index in [0.29, 0.717) is 22.5 Å². The molecule has 1 amide bonds. The zero-order valence-electron chi connectivity index (χ0n) is 12.7. The maximum Gasteiger partial charge on any atom is 0.259 e. The lowest BCUT2D eigenvalue weighted by molar-refractivity contribution is 0.101. The third-order valence-electron chi connectivity index (χ3n) is 3.46. The van der Waals surface area contributed by atoms with Gasteiger partial charge in [-0.1, -0.05) is 0 Å². The van der Waals surface area contributed by atoms with Gasteiger partial charge in [0.05, 0.1) is 11.3 Å². The summed E-state index contributed by atoms with van der Waals surface area (Å²) >= 11 is 0. The molecule has 0 aliphatic rings. The Hall–Kier alpha value is -2.43. The minimum atomic E-state index is -0.180. The molecular weight excluding hydrogens is 266 g/mol. The smallest absolute Gasteiger partial charge is 0.259 e. The first-order valence-electron chi connectivity index (χ1n) is 6.90. The highest BCUT2D eigenvalue weighted by molar-refractivity contribution is 6.06. The van der Waals surface area contributed by atoms with E-state index in [9.17, 15) is 9.59 Å². The van der Waals surface area contributed by atoms with Crippen LogP contribution in [-0.4, -0.2) is 21.5 Å². The highest BCUT2D eigenvalue weighted by atomic mass is 16.1. The van der Waals surface area contributed by atoms with Crippen LogP contribution in [0, 0.1) is 13.8 Å². The number of nitrogens with zero attached hydrogens (tertiary/aromatic N) is 2. The summed E-state index contributed by atoms with van der Waals surface area (Å²) in [5.41, 5.74) is 3.46. The molecule has 5 nitrogen and oxygen atoms in total. The molecule has 0 atom stereocenters. The van der Waals surface area contributed by atoms with E-state index < -0.39 is 0 Å². The number of hydrogen-bond donors (Lipinski definition) is 1. The van der Waals surface area contributed by atoms with Gasteiger partial charge in [0.15, 0.2) is 5.78 Å². The second-order valence-corrected chi connectivity index (χ2v) is 4.95. The van der Waals surface area contributed by atoms with Crippen molar-refractivity contribution in [2.24, 2.45) is 0 Å². The Labute approximate surface area is 124 Å². The lowest BCUT2D eigenvalue weighted by Crippen LogP contribution is -2.14. The predicted molar refractivity (Wildman–Crippen MR) is 81.8 cm³/mol. The fourth-order valence-electron chi connectivity index (χ4n) is 2.32. The number of carbonyl (C=O) groups is 2. The zero-order valence-corrected chi connectivity index (χ0v) is 12.7. The number of benzene rings is 1. The molecule has 0 spiro atoms. The number of ketones is 1. The molecule has 5 heteroatoms. The molecule has 1 heterocycles. The number of aromatic nitrogens is 2. The number of hydrogen-bond acceptors (Lipinski definition) is 3. The maximum absolute atomic E-state index is 12.4. The molecule has 0 aliphatic carbocycles. The van der Waals surface area contributed by atoms with Crippen molar-refractivity contribution in [2.75, 3.05) is 5.32 Å². The molecule has 0 radical (unpaired) electrons. The van der Waals surface area contributed by atoms with E-state index in [-0.39, 0.29) is 11.7 Å². The van der Waals surface area contributed by atoms with Gasteiger partial charge in [0.2, 0.25) is 0 Å². The van der Waals surface area contributed by atoms with Crippen LogP contribution in [0.5, 0.6) is 0 Å². The molecule has 1 N–H and O–H groups in total. The van der Waals surface area contributed by atoms with Crippen LogP contribution < -0.4 is 5.32 Å². The quantitative estimate of drug-likeness (QED) is 0.878. The number of amides is 1. The van der Waals surface area contributed by atoms with E-state index in [4.69, 9.17) is 0 Å². The van der Waals surface area contributed by atoms with Crippen LogP contribution in [0.3, 0.4) is 0 Å². The second-order valence-electron chi connectivity index (χ2n) is 4.95. The van der Waals surface area contributed by atoms with Crippen LogP contribution in [-0.2, 0) is 6.54 Å². The van der Waals surface area contributed by atoms with Crippen LogP contribution in [0.15, 0.2) is 24.3 Å². The summed E-state index contributed by atoms with van der Waals surface area (Å²) in [5, 5.41) is 7.18. The van der Waals surface area contributed by atoms with Crippen molar-refractivity contribution in [3.63, 3.8) is 0 Å². The lowest BCUT2D eigenvalue weighted by atomic mass is 10.1. The van der Waals surface area contributed by atoms with E-state index in [0.717, 1.165) is 12.2 Å². The highest BCUT2D eigenvalue weighted by Crippen LogP contribution is 2.16. The Morgan fingerprint density at radius 1 is 1.19 bits per heavy atom. The monoisotopic (exact) mass is 285 g/mol. The third kappa shape index (κ3) is 3.02. The van der Waals surface area contributed by atoms with Gasteiger partial charge in [-0.2, -0.15) is 5.10 Å². The average molecular weight is 285 g/mol. The van der Waals surface area contributed by atoms with E-state index >= 15 is 0 Å². The standard InChI is InChI=1S/C16H19N3O2/c1-5-19-11(3)15(10(2)18-19)16(21)17-14-8-6-13(7-9-14)12(4)20/h6-9H,5H2,1-4H3,(H,17,21). The molecule has 1 aromatic heterocycles. The van der Waals surface area contributed by atoms with Gasteiger partial charge in [0.1, 0.15) is 0 Å². The topological polar surface area (TPSA) is 64.0 Å². The molecule has 0 fully saturated rings. The van der Waals surface area contributed by atoms with Crippen LogP contribution >= 0.6 is 0 Å². The fourth-order valence-corrected chi connectivity index (χ4v) is 2.32. The van der Waals surface area contributed by atoms with Crippen molar-refractivity contribution in [1.29, 1.82) is 0 Å². The summed E-state index contributed by atoms with van der Waals surface area (Å²) in [6, 6.07) is 6.85. The third-order valence-corrected chi connectivity index (χ3v) is 3.46. The molecule has 110 valence electrons. The Morgan fingerprint density at radius 3 is 2.29 bits per heavy atom. The molecule has 0 aliphatic heterocycles. The number of aryl methyl sites for hydroxylation is 2. The van der Waals surface area contributed by atoms with E-state index in [1.807, 2.05) is 25.5 Å². The summed E-state index contributed by atoms with van der Waals surface area (Å²) in [6.45, 7) is 7.94. The molecule has 0 unspecified atom stereocenters. The van der Waals surface area contributed by atoms with Crippen LogP contribution in [0.1, 0.15) is 46.0 Å². The first kappa shape index (κ1) is 15.0. The van der Waals surface area contributed by atoms with Crippen molar-refractivity contribution in [1.82, 2.24) is 9.78 Å². The molecule has 2 rings (SSSR count). The molecule has 21 heavy (non-hydrogen) atoms. The SMILES string of the molecule is CCn1nc(C)c(C(=O)Nc2ccc(C(C)=O)cc2)c1C. The second kappa shape index (κ2) is 5.91. The predicted octanol–water partition coefficient (Wildman–Crippen LogP) is 2.97. The minimum Gasteiger partial charge on any atom is -0.322 e. The zero-order chi connectivity index (χ0) is 15.6. The van der Waals surface area contributed by atoms with Crippen molar-refractivity contribution < 1.29 is 9.59 Å². The molecule has 2 aromatic rings. The first-order valence-corrected chi connectivity index (χ1v) is 6.90. The van der Waals surface area contributed by atoms with Gasteiger partial charge in [-0.3, -0.25) is 14.3 Å². The average Bonchev–Trinajstić information content (AvgIpc) is 2.73. The number of rotatable bonds is 4. The first-order chi connectivity index (χ1) is 9.93. The van der Waals surface area contributed by atoms with Gasteiger partial charge in [-0.25, -0.2) is 0 Å². The van der Waals surface area contributed by atoms with Gasteiger partial charge in [0, 0.05) is 23.5 Å². The van der Waals surface area contributed by atoms with Gasteiger partial charge in [0.25, 0.3) is 5.91 Å². The molecule has 0 saturated carbocycles. The van der Waals surface area contributed by atoms with Crippen molar-refractivity contribution >= 4 is 17.4 Å². The summed E-state index contributed by atoms with van der Waals surface area (Å²) in [5.74, 6) is -0.177. The number of anilines is 1. The maximum atomic E-state index is 12.4. The molecule has 1 aromatic carbocycles. The van der Waals surface area contributed by atoms with Gasteiger partial charge in [-0.15, -0.1) is 0 Å². The van der Waals surface area contributed by atoms with Gasteiger partial charge >= 0.3 is 0 Å². The molecule has 0 bridgehead atoms. The number of carbonyl (C=O) groups excluding carboxylic acids is 2. The Morgan fingerprint density at radius 2 is 1.81 bits per heavy atom. The largest absolute Gasteiger partial charge is 0.322 e. The lowest BCUT2D eigenvalue weighted by Gasteiger charge is -2.06. The van der Waals surface area contributed by atoms with Crippen LogP contribution in [0.4, 0.5) is 5.69 Å². The molecular formula is C16H19N3O2. The van der Waals surface area contributed by atoms with Crippen LogP contribution in [0.25, 0.3) is 0 Å². The van der Waals surface area contributed by atoms with Crippen molar-refractivity contribution in [2.45, 2.75) is 34.2 Å².